The predicted molar refractivity (Wildman–Crippen MR) is 84.1 cm³/mol. The molecule has 0 saturated heterocycles. The van der Waals surface area contributed by atoms with Crippen LogP contribution < -0.4 is 54.0 Å². The predicted octanol–water partition coefficient (Wildman–Crippen LogP) is -4.89. The molecule has 0 bridgehead atoms. The molecule has 6 nitrogen and oxygen atoms in total. The zero-order valence-corrected chi connectivity index (χ0v) is 15.9. The standard InChI is InChI=1S/C14H11O6PS2.2Li/c15-22(16)13-8-6-11(19-13)21(10-4-2-1-3-5-10)12-7-9-14(20-12)23(17)18;;/h1-9H,(H,15,16)(H,17,18);;/q;2*+1/p-2. The van der Waals surface area contributed by atoms with E-state index in [0.717, 1.165) is 5.30 Å². The molecule has 0 aliphatic carbocycles. The average molecular weight is 382 g/mol. The van der Waals surface area contributed by atoms with E-state index in [9.17, 15) is 17.5 Å². The normalized spacial score (nSPS) is 14.0. The van der Waals surface area contributed by atoms with E-state index in [1.165, 1.54) is 12.1 Å². The van der Waals surface area contributed by atoms with Gasteiger partial charge < -0.3 is 17.9 Å². The van der Waals surface area contributed by atoms with Gasteiger partial charge in [-0.25, -0.2) is 0 Å². The van der Waals surface area contributed by atoms with Crippen LogP contribution in [0.3, 0.4) is 0 Å². The summed E-state index contributed by atoms with van der Waals surface area (Å²) in [6, 6.07) is 15.0. The second kappa shape index (κ2) is 10.1. The molecule has 0 saturated carbocycles. The second-order valence-electron chi connectivity index (χ2n) is 4.33. The largest absolute Gasteiger partial charge is 1.00 e. The van der Waals surface area contributed by atoms with Crippen molar-refractivity contribution in [3.05, 3.63) is 54.6 Å². The molecule has 0 aliphatic rings. The van der Waals surface area contributed by atoms with E-state index in [2.05, 4.69) is 0 Å². The zero-order chi connectivity index (χ0) is 16.4. The smallest absolute Gasteiger partial charge is 0.766 e. The van der Waals surface area contributed by atoms with Gasteiger partial charge in [-0.05, 0) is 29.6 Å². The molecule has 0 radical (unpaired) electrons. The first-order chi connectivity index (χ1) is 11.1. The van der Waals surface area contributed by atoms with Crippen LogP contribution in [-0.4, -0.2) is 17.5 Å². The molecule has 2 heterocycles. The summed E-state index contributed by atoms with van der Waals surface area (Å²) in [7, 11) is -1.33. The van der Waals surface area contributed by atoms with Crippen molar-refractivity contribution < 1.29 is 64.1 Å². The quantitative estimate of drug-likeness (QED) is 0.249. The van der Waals surface area contributed by atoms with Gasteiger partial charge in [-0.2, -0.15) is 0 Å². The second-order valence-corrected chi connectivity index (χ2v) is 8.14. The van der Waals surface area contributed by atoms with Crippen LogP contribution in [0.1, 0.15) is 0 Å². The van der Waals surface area contributed by atoms with Crippen molar-refractivity contribution in [3.63, 3.8) is 0 Å². The third kappa shape index (κ3) is 5.31. The fourth-order valence-corrected chi connectivity index (χ4v) is 4.80. The van der Waals surface area contributed by atoms with Crippen molar-refractivity contribution in [1.82, 2.24) is 0 Å². The molecular formula is C14H9Li2O6PS2. The molecule has 3 rings (SSSR count). The third-order valence-corrected chi connectivity index (χ3v) is 6.19. The molecular weight excluding hydrogens is 373 g/mol. The Balaban J connectivity index is 0.00000156. The molecule has 25 heavy (non-hydrogen) atoms. The average Bonchev–Trinajstić information content (AvgIpc) is 3.19. The summed E-state index contributed by atoms with van der Waals surface area (Å²) in [4.78, 5) is 0. The van der Waals surface area contributed by atoms with E-state index in [-0.39, 0.29) is 47.9 Å². The van der Waals surface area contributed by atoms with E-state index in [1.807, 2.05) is 30.3 Å². The molecule has 0 fully saturated rings. The fourth-order valence-electron chi connectivity index (χ4n) is 1.98. The van der Waals surface area contributed by atoms with Gasteiger partial charge in [0.15, 0.2) is 10.2 Å². The van der Waals surface area contributed by atoms with Crippen molar-refractivity contribution in [1.29, 1.82) is 0 Å². The molecule has 0 N–H and O–H groups in total. The number of furan rings is 2. The molecule has 0 spiro atoms. The fraction of sp³-hybridized carbons (Fsp3) is 0. The molecule has 2 atom stereocenters. The summed E-state index contributed by atoms with van der Waals surface area (Å²) in [5.41, 5.74) is 0.811. The Morgan fingerprint density at radius 3 is 1.52 bits per heavy atom. The summed E-state index contributed by atoms with van der Waals surface area (Å²) in [5.74, 6) is 0. The Morgan fingerprint density at radius 2 is 1.16 bits per heavy atom. The van der Waals surface area contributed by atoms with Crippen LogP contribution in [0.15, 0.2) is 73.6 Å². The van der Waals surface area contributed by atoms with Gasteiger partial charge >= 0.3 is 37.7 Å². The summed E-state index contributed by atoms with van der Waals surface area (Å²) in [6.45, 7) is 0. The van der Waals surface area contributed by atoms with Gasteiger partial charge in [0, 0.05) is 22.2 Å². The monoisotopic (exact) mass is 382 g/mol. The number of benzene rings is 1. The van der Waals surface area contributed by atoms with Crippen LogP contribution in [0, 0.1) is 0 Å². The Morgan fingerprint density at radius 1 is 0.720 bits per heavy atom. The Kier molecular flexibility index (Phi) is 9.15. The number of rotatable bonds is 5. The zero-order valence-electron chi connectivity index (χ0n) is 13.4. The van der Waals surface area contributed by atoms with Gasteiger partial charge in [0.1, 0.15) is 11.0 Å². The van der Waals surface area contributed by atoms with Crippen LogP contribution in [-0.2, 0) is 22.2 Å². The molecule has 2 aromatic heterocycles. The third-order valence-electron chi connectivity index (χ3n) is 2.92. The van der Waals surface area contributed by atoms with Crippen molar-refractivity contribution in [3.8, 4) is 0 Å². The van der Waals surface area contributed by atoms with E-state index in [0.29, 0.717) is 11.0 Å². The molecule has 1 aromatic carbocycles. The van der Waals surface area contributed by atoms with Gasteiger partial charge in [0.25, 0.3) is 0 Å². The van der Waals surface area contributed by atoms with E-state index in [1.54, 1.807) is 12.1 Å². The van der Waals surface area contributed by atoms with E-state index >= 15 is 0 Å². The minimum atomic E-state index is -2.48. The van der Waals surface area contributed by atoms with Crippen LogP contribution in [0.5, 0.6) is 0 Å². The molecule has 0 amide bonds. The van der Waals surface area contributed by atoms with Gasteiger partial charge in [0.2, 0.25) is 0 Å². The Bertz CT molecular complexity index is 815. The summed E-state index contributed by atoms with van der Waals surface area (Å²) in [5, 5.41) is 0.489. The van der Waals surface area contributed by atoms with E-state index in [4.69, 9.17) is 8.83 Å². The van der Waals surface area contributed by atoms with Crippen LogP contribution >= 0.6 is 7.92 Å². The Labute approximate surface area is 174 Å². The molecule has 2 unspecified atom stereocenters. The summed E-state index contributed by atoms with van der Waals surface area (Å²) < 4.78 is 54.8. The van der Waals surface area contributed by atoms with Crippen LogP contribution in [0.2, 0.25) is 0 Å². The van der Waals surface area contributed by atoms with Crippen LogP contribution in [0.25, 0.3) is 0 Å². The van der Waals surface area contributed by atoms with Gasteiger partial charge in [-0.15, -0.1) is 0 Å². The minimum Gasteiger partial charge on any atom is -0.766 e. The molecule has 120 valence electrons. The van der Waals surface area contributed by atoms with Crippen LogP contribution in [0.4, 0.5) is 0 Å². The van der Waals surface area contributed by atoms with Crippen molar-refractivity contribution in [2.75, 3.05) is 0 Å². The SMILES string of the molecule is O=S([O-])c1ccc(P(c2ccccc2)c2ccc(S(=O)[O-])o2)o1.[Li+].[Li+]. The van der Waals surface area contributed by atoms with Gasteiger partial charge in [-0.1, -0.05) is 30.3 Å². The van der Waals surface area contributed by atoms with Crippen molar-refractivity contribution in [2.24, 2.45) is 0 Å². The topological polar surface area (TPSA) is 107 Å². The van der Waals surface area contributed by atoms with Gasteiger partial charge in [0.05, 0.1) is 7.92 Å². The maximum Gasteiger partial charge on any atom is 1.00 e. The summed E-state index contributed by atoms with van der Waals surface area (Å²) >= 11 is -4.95. The van der Waals surface area contributed by atoms with Crippen molar-refractivity contribution in [2.45, 2.75) is 10.2 Å². The molecule has 0 aliphatic heterocycles. The maximum atomic E-state index is 11.0. The molecule has 3 aromatic rings. The Hall–Kier alpha value is -0.375. The number of hydrogen-bond acceptors (Lipinski definition) is 6. The van der Waals surface area contributed by atoms with Gasteiger partial charge in [-0.3, -0.25) is 8.42 Å². The van der Waals surface area contributed by atoms with Crippen molar-refractivity contribution >= 4 is 46.4 Å². The first kappa shape index (κ1) is 22.7. The summed E-state index contributed by atoms with van der Waals surface area (Å²) in [6.07, 6.45) is 0. The molecule has 11 heteroatoms. The number of hydrogen-bond donors (Lipinski definition) is 0. The first-order valence-electron chi connectivity index (χ1n) is 6.29. The van der Waals surface area contributed by atoms with E-state index < -0.39 is 30.1 Å². The minimum absolute atomic E-state index is 0. The first-order valence-corrected chi connectivity index (χ1v) is 9.79. The maximum absolute atomic E-state index is 11.0.